The van der Waals surface area contributed by atoms with Gasteiger partial charge in [0, 0.05) is 18.2 Å². The first-order chi connectivity index (χ1) is 6.26. The maximum atomic E-state index is 4.39. The molecule has 1 heterocycles. The number of aryl methyl sites for hydroxylation is 1. The number of nitrogens with one attached hydrogen (secondary N) is 1. The van der Waals surface area contributed by atoms with E-state index in [1.165, 1.54) is 11.5 Å². The van der Waals surface area contributed by atoms with Gasteiger partial charge in [-0.3, -0.25) is 0 Å². The highest BCUT2D eigenvalue weighted by Gasteiger charge is 2.07. The third-order valence-corrected chi connectivity index (χ3v) is 3.48. The Hall–Kier alpha value is -0.130. The van der Waals surface area contributed by atoms with Gasteiger partial charge in [0.15, 0.2) is 4.34 Å². The van der Waals surface area contributed by atoms with Crippen LogP contribution >= 0.6 is 23.3 Å². The second kappa shape index (κ2) is 5.57. The largest absolute Gasteiger partial charge is 0.319 e. The van der Waals surface area contributed by atoms with Gasteiger partial charge in [0.05, 0.1) is 0 Å². The molecule has 0 aliphatic rings. The van der Waals surface area contributed by atoms with E-state index in [-0.39, 0.29) is 0 Å². The second-order valence-corrected chi connectivity index (χ2v) is 5.25. The third-order valence-electron chi connectivity index (χ3n) is 1.56. The summed E-state index contributed by atoms with van der Waals surface area (Å²) in [6.07, 6.45) is 0.928. The van der Waals surface area contributed by atoms with Crippen LogP contribution in [0, 0.1) is 0 Å². The van der Waals surface area contributed by atoms with Gasteiger partial charge >= 0.3 is 0 Å². The molecule has 0 amide bonds. The molecule has 0 radical (unpaired) electrons. The van der Waals surface area contributed by atoms with Crippen molar-refractivity contribution in [1.29, 1.82) is 0 Å². The zero-order chi connectivity index (χ0) is 9.68. The molecule has 1 aromatic rings. The van der Waals surface area contributed by atoms with Crippen molar-refractivity contribution in [1.82, 2.24) is 14.7 Å². The number of hydrogen-bond acceptors (Lipinski definition) is 5. The summed E-state index contributed by atoms with van der Waals surface area (Å²) in [5, 5.41) is 3.70. The lowest BCUT2D eigenvalue weighted by Gasteiger charge is -2.06. The van der Waals surface area contributed by atoms with Gasteiger partial charge in [0.1, 0.15) is 5.82 Å². The van der Waals surface area contributed by atoms with Crippen molar-refractivity contribution in [3.05, 3.63) is 5.82 Å². The topological polar surface area (TPSA) is 37.8 Å². The minimum Gasteiger partial charge on any atom is -0.319 e. The fourth-order valence-electron chi connectivity index (χ4n) is 0.931. The lowest BCUT2D eigenvalue weighted by Crippen LogP contribution is -2.17. The Morgan fingerprint density at radius 3 is 2.92 bits per heavy atom. The lowest BCUT2D eigenvalue weighted by molar-refractivity contribution is 0.784. The van der Waals surface area contributed by atoms with E-state index in [0.717, 1.165) is 23.1 Å². The quantitative estimate of drug-likeness (QED) is 0.763. The van der Waals surface area contributed by atoms with Crippen molar-refractivity contribution in [3.8, 4) is 0 Å². The van der Waals surface area contributed by atoms with Crippen LogP contribution in [-0.4, -0.2) is 28.2 Å². The van der Waals surface area contributed by atoms with Crippen LogP contribution < -0.4 is 5.32 Å². The Morgan fingerprint density at radius 1 is 1.62 bits per heavy atom. The van der Waals surface area contributed by atoms with Gasteiger partial charge in [-0.05, 0) is 18.6 Å². The zero-order valence-electron chi connectivity index (χ0n) is 8.20. The minimum atomic E-state index is 0.558. The first kappa shape index (κ1) is 10.9. The van der Waals surface area contributed by atoms with Crippen molar-refractivity contribution < 1.29 is 0 Å². The Labute approximate surface area is 87.5 Å². The molecule has 3 nitrogen and oxygen atoms in total. The molecule has 0 aromatic carbocycles. The molecule has 74 valence electrons. The standard InChI is InChI=1S/C8H15N3S2/c1-4-7-10-8(13-11-7)12-6(2)5-9-3/h6,9H,4-5H2,1-3H3. The molecule has 0 aliphatic carbocycles. The molecule has 0 aliphatic heterocycles. The highest BCUT2D eigenvalue weighted by atomic mass is 32.2. The van der Waals surface area contributed by atoms with Gasteiger partial charge in [-0.2, -0.15) is 4.37 Å². The van der Waals surface area contributed by atoms with E-state index in [1.54, 1.807) is 11.8 Å². The van der Waals surface area contributed by atoms with Crippen LogP contribution in [0.4, 0.5) is 0 Å². The molecule has 0 spiro atoms. The minimum absolute atomic E-state index is 0.558. The first-order valence-corrected chi connectivity index (χ1v) is 6.05. The van der Waals surface area contributed by atoms with E-state index in [4.69, 9.17) is 0 Å². The maximum Gasteiger partial charge on any atom is 0.170 e. The van der Waals surface area contributed by atoms with E-state index >= 15 is 0 Å². The smallest absolute Gasteiger partial charge is 0.170 e. The van der Waals surface area contributed by atoms with Crippen LogP contribution in [0.15, 0.2) is 4.34 Å². The number of aromatic nitrogens is 2. The summed E-state index contributed by atoms with van der Waals surface area (Å²) in [4.78, 5) is 4.39. The van der Waals surface area contributed by atoms with Crippen LogP contribution in [0.25, 0.3) is 0 Å². The first-order valence-electron chi connectivity index (χ1n) is 4.40. The fraction of sp³-hybridized carbons (Fsp3) is 0.750. The van der Waals surface area contributed by atoms with Gasteiger partial charge in [-0.1, -0.05) is 25.6 Å². The monoisotopic (exact) mass is 217 g/mol. The normalized spacial score (nSPS) is 13.2. The van der Waals surface area contributed by atoms with E-state index in [9.17, 15) is 0 Å². The summed E-state index contributed by atoms with van der Waals surface area (Å²) in [7, 11) is 1.97. The predicted molar refractivity (Wildman–Crippen MR) is 58.5 cm³/mol. The van der Waals surface area contributed by atoms with Crippen LogP contribution in [0.1, 0.15) is 19.7 Å². The van der Waals surface area contributed by atoms with Gasteiger partial charge in [0.2, 0.25) is 0 Å². The molecule has 1 rings (SSSR count). The Kier molecular flexibility index (Phi) is 4.69. The van der Waals surface area contributed by atoms with Gasteiger partial charge in [0.25, 0.3) is 0 Å². The molecule has 0 saturated carbocycles. The van der Waals surface area contributed by atoms with E-state index < -0.39 is 0 Å². The average Bonchev–Trinajstić information content (AvgIpc) is 2.52. The summed E-state index contributed by atoms with van der Waals surface area (Å²) in [5.41, 5.74) is 0. The number of nitrogens with zero attached hydrogens (tertiary/aromatic N) is 2. The zero-order valence-corrected chi connectivity index (χ0v) is 9.84. The Bertz CT molecular complexity index is 249. The summed E-state index contributed by atoms with van der Waals surface area (Å²) >= 11 is 3.29. The molecule has 1 aromatic heterocycles. The van der Waals surface area contributed by atoms with Crippen molar-refractivity contribution in [2.24, 2.45) is 0 Å². The summed E-state index contributed by atoms with van der Waals surface area (Å²) in [6, 6.07) is 0. The Balaban J connectivity index is 2.44. The molecule has 0 bridgehead atoms. The summed E-state index contributed by atoms with van der Waals surface area (Å²) < 4.78 is 5.32. The molecule has 1 N–H and O–H groups in total. The number of hydrogen-bond donors (Lipinski definition) is 1. The second-order valence-electron chi connectivity index (χ2n) is 2.82. The van der Waals surface area contributed by atoms with Crippen LogP contribution in [0.5, 0.6) is 0 Å². The van der Waals surface area contributed by atoms with E-state index in [2.05, 4.69) is 28.5 Å². The third kappa shape index (κ3) is 3.62. The number of thioether (sulfide) groups is 1. The van der Waals surface area contributed by atoms with E-state index in [0.29, 0.717) is 5.25 Å². The van der Waals surface area contributed by atoms with Crippen molar-refractivity contribution in [2.45, 2.75) is 29.9 Å². The molecule has 0 saturated heterocycles. The molecule has 1 atom stereocenters. The van der Waals surface area contributed by atoms with Crippen LogP contribution in [0.3, 0.4) is 0 Å². The van der Waals surface area contributed by atoms with Crippen molar-refractivity contribution >= 4 is 23.3 Å². The van der Waals surface area contributed by atoms with Crippen molar-refractivity contribution in [3.63, 3.8) is 0 Å². The molecular weight excluding hydrogens is 202 g/mol. The molecule has 13 heavy (non-hydrogen) atoms. The SMILES string of the molecule is CCc1nsc(SC(C)CNC)n1. The van der Waals surface area contributed by atoms with E-state index in [1.807, 2.05) is 7.05 Å². The highest BCUT2D eigenvalue weighted by molar-refractivity contribution is 8.01. The van der Waals surface area contributed by atoms with Crippen molar-refractivity contribution in [2.75, 3.05) is 13.6 Å². The maximum absolute atomic E-state index is 4.39. The molecular formula is C8H15N3S2. The highest BCUT2D eigenvalue weighted by Crippen LogP contribution is 2.24. The fourth-order valence-corrected chi connectivity index (χ4v) is 2.96. The summed E-state index contributed by atoms with van der Waals surface area (Å²) in [5.74, 6) is 0.962. The predicted octanol–water partition coefficient (Wildman–Crippen LogP) is 1.80. The molecule has 5 heteroatoms. The molecule has 0 fully saturated rings. The van der Waals surface area contributed by atoms with Gasteiger partial charge in [-0.25, -0.2) is 4.98 Å². The lowest BCUT2D eigenvalue weighted by atomic mass is 10.5. The average molecular weight is 217 g/mol. The van der Waals surface area contributed by atoms with Crippen LogP contribution in [0.2, 0.25) is 0 Å². The Morgan fingerprint density at radius 2 is 2.38 bits per heavy atom. The number of rotatable bonds is 5. The van der Waals surface area contributed by atoms with Gasteiger partial charge in [-0.15, -0.1) is 0 Å². The van der Waals surface area contributed by atoms with Crippen LogP contribution in [-0.2, 0) is 6.42 Å². The van der Waals surface area contributed by atoms with Gasteiger partial charge < -0.3 is 5.32 Å². The molecule has 1 unspecified atom stereocenters. The summed E-state index contributed by atoms with van der Waals surface area (Å²) in [6.45, 7) is 5.27.